The van der Waals surface area contributed by atoms with E-state index in [-0.39, 0.29) is 18.2 Å². The predicted molar refractivity (Wildman–Crippen MR) is 126 cm³/mol. The summed E-state index contributed by atoms with van der Waals surface area (Å²) in [6, 6.07) is 11.8. The Balaban J connectivity index is 1.42. The molecule has 4 N–H and O–H groups in total. The first-order valence-corrected chi connectivity index (χ1v) is 11.4. The number of pyridine rings is 1. The number of nitrogens with two attached hydrogens (primary N) is 1. The molecule has 3 amide bonds. The molecule has 0 bridgehead atoms. The second-order valence-corrected chi connectivity index (χ2v) is 8.61. The minimum absolute atomic E-state index is 0.0333. The number of primary amides is 1. The minimum Gasteiger partial charge on any atom is -0.366 e. The second-order valence-electron chi connectivity index (χ2n) is 8.61. The summed E-state index contributed by atoms with van der Waals surface area (Å²) in [4.78, 5) is 41.2. The number of nitrogens with one attached hydrogen (secondary N) is 2. The maximum atomic E-state index is 12.9. The topological polar surface area (TPSA) is 119 Å². The number of imidazole rings is 1. The van der Waals surface area contributed by atoms with Gasteiger partial charge in [-0.15, -0.1) is 0 Å². The van der Waals surface area contributed by atoms with Crippen LogP contribution in [0.2, 0.25) is 0 Å². The number of carbonyl (C=O) groups excluding carboxylic acids is 3. The smallest absolute Gasteiger partial charge is 0.268 e. The van der Waals surface area contributed by atoms with E-state index in [0.29, 0.717) is 40.7 Å². The predicted octanol–water partition coefficient (Wildman–Crippen LogP) is 3.31. The number of nitrogens with zero attached hydrogens (tertiary/aromatic N) is 2. The Morgan fingerprint density at radius 2 is 1.79 bits per heavy atom. The molecule has 8 nitrogen and oxygen atoms in total. The summed E-state index contributed by atoms with van der Waals surface area (Å²) < 4.78 is 1.72. The van der Waals surface area contributed by atoms with Gasteiger partial charge in [-0.3, -0.25) is 18.8 Å². The minimum atomic E-state index is -0.559. The number of fused-ring (bicyclic) bond motifs is 1. The molecular weight excluding hydrogens is 418 g/mol. The number of aromatic nitrogens is 2. The number of carbonyl (C=O) groups is 3. The van der Waals surface area contributed by atoms with Crippen LogP contribution >= 0.6 is 0 Å². The molecule has 0 radical (unpaired) electrons. The van der Waals surface area contributed by atoms with E-state index in [4.69, 9.17) is 5.73 Å². The molecule has 33 heavy (non-hydrogen) atoms. The highest BCUT2D eigenvalue weighted by molar-refractivity contribution is 5.97. The van der Waals surface area contributed by atoms with Crippen LogP contribution < -0.4 is 16.4 Å². The lowest BCUT2D eigenvalue weighted by molar-refractivity contribution is -0.115. The van der Waals surface area contributed by atoms with E-state index in [1.807, 2.05) is 0 Å². The molecule has 3 aromatic rings. The number of rotatable bonds is 7. The summed E-state index contributed by atoms with van der Waals surface area (Å²) in [5, 5.41) is 5.83. The standard InChI is InChI=1S/C25H29N5O3/c26-24(32)18-9-5-10-19(13-18)29-23(31)14-20-16-30-21(11-6-12-22(30)28-20)25(33)27-15-17-7-3-1-2-4-8-17/h5-6,9-13,16-17H,1-4,7-8,14-15H2,(H2,26,32)(H,27,33)(H,29,31). The van der Waals surface area contributed by atoms with E-state index >= 15 is 0 Å². The van der Waals surface area contributed by atoms with Crippen LogP contribution in [0.25, 0.3) is 5.65 Å². The van der Waals surface area contributed by atoms with E-state index in [0.717, 1.165) is 12.8 Å². The van der Waals surface area contributed by atoms with Gasteiger partial charge in [0.2, 0.25) is 11.8 Å². The molecule has 0 aliphatic heterocycles. The Labute approximate surface area is 192 Å². The Hall–Kier alpha value is -3.68. The fraction of sp³-hybridized carbons (Fsp3) is 0.360. The third kappa shape index (κ3) is 5.77. The van der Waals surface area contributed by atoms with Crippen molar-refractivity contribution in [1.29, 1.82) is 0 Å². The highest BCUT2D eigenvalue weighted by Crippen LogP contribution is 2.22. The average Bonchev–Trinajstić information content (AvgIpc) is 3.02. The molecule has 2 heterocycles. The third-order valence-electron chi connectivity index (χ3n) is 6.07. The number of amides is 3. The zero-order valence-electron chi connectivity index (χ0n) is 18.5. The van der Waals surface area contributed by atoms with Crippen LogP contribution in [-0.4, -0.2) is 33.7 Å². The number of anilines is 1. The van der Waals surface area contributed by atoms with E-state index in [2.05, 4.69) is 15.6 Å². The van der Waals surface area contributed by atoms with Crippen LogP contribution in [0.4, 0.5) is 5.69 Å². The molecule has 4 rings (SSSR count). The fourth-order valence-electron chi connectivity index (χ4n) is 4.35. The van der Waals surface area contributed by atoms with Gasteiger partial charge in [0, 0.05) is 24.0 Å². The van der Waals surface area contributed by atoms with Crippen LogP contribution in [-0.2, 0) is 11.2 Å². The van der Waals surface area contributed by atoms with Crippen molar-refractivity contribution >= 4 is 29.1 Å². The monoisotopic (exact) mass is 447 g/mol. The summed E-state index contributed by atoms with van der Waals surface area (Å²) in [7, 11) is 0. The highest BCUT2D eigenvalue weighted by Gasteiger charge is 2.17. The molecule has 2 aromatic heterocycles. The largest absolute Gasteiger partial charge is 0.366 e. The Kier molecular flexibility index (Phi) is 7.02. The van der Waals surface area contributed by atoms with Crippen molar-refractivity contribution in [3.8, 4) is 0 Å². The van der Waals surface area contributed by atoms with Crippen molar-refractivity contribution in [1.82, 2.24) is 14.7 Å². The number of hydrogen-bond acceptors (Lipinski definition) is 4. The van der Waals surface area contributed by atoms with Gasteiger partial charge >= 0.3 is 0 Å². The van der Waals surface area contributed by atoms with Gasteiger partial charge in [0.25, 0.3) is 5.91 Å². The zero-order chi connectivity index (χ0) is 23.2. The van der Waals surface area contributed by atoms with Crippen molar-refractivity contribution in [3.63, 3.8) is 0 Å². The Morgan fingerprint density at radius 1 is 1.03 bits per heavy atom. The van der Waals surface area contributed by atoms with E-state index in [1.165, 1.54) is 31.7 Å². The Bertz CT molecular complexity index is 1160. The summed E-state index contributed by atoms with van der Waals surface area (Å²) >= 11 is 0. The van der Waals surface area contributed by atoms with Gasteiger partial charge in [-0.2, -0.15) is 0 Å². The molecule has 1 fully saturated rings. The summed E-state index contributed by atoms with van der Waals surface area (Å²) in [6.45, 7) is 0.684. The SMILES string of the molecule is NC(=O)c1cccc(NC(=O)Cc2cn3c(C(=O)NCC4CCCCCC4)cccc3n2)c1. The van der Waals surface area contributed by atoms with Gasteiger partial charge < -0.3 is 16.4 Å². The van der Waals surface area contributed by atoms with Crippen molar-refractivity contribution in [2.45, 2.75) is 44.9 Å². The van der Waals surface area contributed by atoms with Gasteiger partial charge in [-0.05, 0) is 49.1 Å². The number of hydrogen-bond donors (Lipinski definition) is 3. The summed E-state index contributed by atoms with van der Waals surface area (Å²) in [5.74, 6) is -0.442. The van der Waals surface area contributed by atoms with Gasteiger partial charge in [-0.25, -0.2) is 4.98 Å². The lowest BCUT2D eigenvalue weighted by Crippen LogP contribution is -2.30. The molecule has 0 saturated heterocycles. The van der Waals surface area contributed by atoms with Gasteiger partial charge in [0.05, 0.1) is 12.1 Å². The summed E-state index contributed by atoms with van der Waals surface area (Å²) in [6.07, 6.45) is 9.11. The highest BCUT2D eigenvalue weighted by atomic mass is 16.2. The van der Waals surface area contributed by atoms with E-state index in [1.54, 1.807) is 47.0 Å². The lowest BCUT2D eigenvalue weighted by Gasteiger charge is -2.15. The average molecular weight is 448 g/mol. The Morgan fingerprint density at radius 3 is 2.55 bits per heavy atom. The van der Waals surface area contributed by atoms with Crippen LogP contribution in [0.5, 0.6) is 0 Å². The first kappa shape index (κ1) is 22.5. The second kappa shape index (κ2) is 10.3. The molecule has 8 heteroatoms. The van der Waals surface area contributed by atoms with Crippen LogP contribution in [0.3, 0.4) is 0 Å². The molecule has 0 atom stereocenters. The molecule has 1 aliphatic carbocycles. The summed E-state index contributed by atoms with van der Waals surface area (Å²) in [5.41, 5.74) is 7.74. The molecule has 172 valence electrons. The first-order chi connectivity index (χ1) is 16.0. The maximum Gasteiger partial charge on any atom is 0.268 e. The lowest BCUT2D eigenvalue weighted by atomic mass is 10.0. The van der Waals surface area contributed by atoms with Crippen molar-refractivity contribution in [2.75, 3.05) is 11.9 Å². The van der Waals surface area contributed by atoms with E-state index in [9.17, 15) is 14.4 Å². The van der Waals surface area contributed by atoms with Crippen molar-refractivity contribution in [3.05, 3.63) is 65.6 Å². The number of benzene rings is 1. The molecule has 0 spiro atoms. The van der Waals surface area contributed by atoms with Gasteiger partial charge in [0.1, 0.15) is 11.3 Å². The zero-order valence-corrected chi connectivity index (χ0v) is 18.5. The van der Waals surface area contributed by atoms with E-state index < -0.39 is 5.91 Å². The van der Waals surface area contributed by atoms with Crippen LogP contribution in [0.1, 0.15) is 65.1 Å². The molecule has 1 aliphatic rings. The first-order valence-electron chi connectivity index (χ1n) is 11.4. The normalized spacial score (nSPS) is 14.5. The fourth-order valence-corrected chi connectivity index (χ4v) is 4.35. The molecule has 1 aromatic carbocycles. The van der Waals surface area contributed by atoms with Gasteiger partial charge in [-0.1, -0.05) is 37.8 Å². The molecule has 1 saturated carbocycles. The van der Waals surface area contributed by atoms with Crippen LogP contribution in [0, 0.1) is 5.92 Å². The van der Waals surface area contributed by atoms with Crippen molar-refractivity contribution < 1.29 is 14.4 Å². The molecule has 0 unspecified atom stereocenters. The third-order valence-corrected chi connectivity index (χ3v) is 6.07. The van der Waals surface area contributed by atoms with Gasteiger partial charge in [0.15, 0.2) is 0 Å². The quantitative estimate of drug-likeness (QED) is 0.482. The maximum absolute atomic E-state index is 12.9. The van der Waals surface area contributed by atoms with Crippen molar-refractivity contribution in [2.24, 2.45) is 11.7 Å². The van der Waals surface area contributed by atoms with Crippen LogP contribution in [0.15, 0.2) is 48.7 Å². The molecular formula is C25H29N5O3.